The van der Waals surface area contributed by atoms with E-state index in [4.69, 9.17) is 5.11 Å². The van der Waals surface area contributed by atoms with Crippen LogP contribution in [0.5, 0.6) is 0 Å². The highest BCUT2D eigenvalue weighted by molar-refractivity contribution is 5.73. The van der Waals surface area contributed by atoms with Crippen molar-refractivity contribution in [3.63, 3.8) is 0 Å². The molecular formula is C12H19N3O2. The van der Waals surface area contributed by atoms with Gasteiger partial charge < -0.3 is 10.1 Å². The van der Waals surface area contributed by atoms with E-state index in [0.29, 0.717) is 12.3 Å². The molecule has 0 aliphatic carbocycles. The largest absolute Gasteiger partial charge is 0.480 e. The molecule has 94 valence electrons. The summed E-state index contributed by atoms with van der Waals surface area (Å²) in [5.41, 5.74) is 0. The van der Waals surface area contributed by atoms with Crippen LogP contribution >= 0.6 is 0 Å². The molecule has 2 heterocycles. The Labute approximate surface area is 101 Å². The van der Waals surface area contributed by atoms with Gasteiger partial charge in [-0.15, -0.1) is 0 Å². The number of carboxylic acids is 1. The molecule has 0 aromatic carbocycles. The molecule has 0 bridgehead atoms. The molecule has 1 fully saturated rings. The van der Waals surface area contributed by atoms with E-state index in [1.807, 2.05) is 13.1 Å². The number of nitrogens with zero attached hydrogens (tertiary/aromatic N) is 2. The molecular weight excluding hydrogens is 218 g/mol. The SMILES string of the molecule is CCC(C(=O)O)N1CCC(c2ncc[nH]2)CC1. The second-order valence-corrected chi connectivity index (χ2v) is 4.55. The predicted molar refractivity (Wildman–Crippen MR) is 63.9 cm³/mol. The monoisotopic (exact) mass is 237 g/mol. The van der Waals surface area contributed by atoms with E-state index >= 15 is 0 Å². The number of piperidine rings is 1. The van der Waals surface area contributed by atoms with Gasteiger partial charge in [-0.3, -0.25) is 9.69 Å². The van der Waals surface area contributed by atoms with Gasteiger partial charge >= 0.3 is 5.97 Å². The van der Waals surface area contributed by atoms with Crippen LogP contribution < -0.4 is 0 Å². The summed E-state index contributed by atoms with van der Waals surface area (Å²) < 4.78 is 0. The fraction of sp³-hybridized carbons (Fsp3) is 0.667. The maximum absolute atomic E-state index is 11.1. The standard InChI is InChI=1S/C12H19N3O2/c1-2-10(12(16)17)15-7-3-9(4-8-15)11-13-5-6-14-11/h5-6,9-10H,2-4,7-8H2,1H3,(H,13,14)(H,16,17). The number of aliphatic carboxylic acids is 1. The summed E-state index contributed by atoms with van der Waals surface area (Å²) in [5, 5.41) is 9.12. The van der Waals surface area contributed by atoms with Crippen molar-refractivity contribution in [1.82, 2.24) is 14.9 Å². The maximum Gasteiger partial charge on any atom is 0.320 e. The zero-order valence-corrected chi connectivity index (χ0v) is 10.1. The van der Waals surface area contributed by atoms with Gasteiger partial charge in [0.15, 0.2) is 0 Å². The number of likely N-dealkylation sites (tertiary alicyclic amines) is 1. The minimum Gasteiger partial charge on any atom is -0.480 e. The number of carbonyl (C=O) groups is 1. The van der Waals surface area contributed by atoms with Crippen molar-refractivity contribution in [3.8, 4) is 0 Å². The summed E-state index contributed by atoms with van der Waals surface area (Å²) in [6.45, 7) is 3.61. The number of rotatable bonds is 4. The highest BCUT2D eigenvalue weighted by Crippen LogP contribution is 2.26. The third kappa shape index (κ3) is 2.66. The first-order valence-corrected chi connectivity index (χ1v) is 6.18. The quantitative estimate of drug-likeness (QED) is 0.831. The number of aromatic amines is 1. The van der Waals surface area contributed by atoms with Gasteiger partial charge in [-0.25, -0.2) is 4.98 Å². The maximum atomic E-state index is 11.1. The summed E-state index contributed by atoms with van der Waals surface area (Å²) in [4.78, 5) is 20.6. The molecule has 1 aliphatic heterocycles. The van der Waals surface area contributed by atoms with Crippen LogP contribution in [-0.2, 0) is 4.79 Å². The molecule has 2 N–H and O–H groups in total. The lowest BCUT2D eigenvalue weighted by Gasteiger charge is -2.34. The Morgan fingerprint density at radius 3 is 2.82 bits per heavy atom. The lowest BCUT2D eigenvalue weighted by atomic mass is 9.94. The average molecular weight is 237 g/mol. The number of nitrogens with one attached hydrogen (secondary N) is 1. The first-order valence-electron chi connectivity index (χ1n) is 6.18. The number of hydrogen-bond donors (Lipinski definition) is 2. The third-order valence-electron chi connectivity index (χ3n) is 3.55. The number of H-pyrrole nitrogens is 1. The first-order chi connectivity index (χ1) is 8.22. The van der Waals surface area contributed by atoms with Crippen LogP contribution in [0.1, 0.15) is 37.9 Å². The van der Waals surface area contributed by atoms with E-state index < -0.39 is 5.97 Å². The van der Waals surface area contributed by atoms with E-state index in [2.05, 4.69) is 14.9 Å². The molecule has 0 amide bonds. The van der Waals surface area contributed by atoms with Gasteiger partial charge in [-0.05, 0) is 32.4 Å². The van der Waals surface area contributed by atoms with Gasteiger partial charge in [-0.2, -0.15) is 0 Å². The second kappa shape index (κ2) is 5.31. The van der Waals surface area contributed by atoms with Crippen LogP contribution in [0.4, 0.5) is 0 Å². The molecule has 1 unspecified atom stereocenters. The van der Waals surface area contributed by atoms with Crippen molar-refractivity contribution in [1.29, 1.82) is 0 Å². The molecule has 2 rings (SSSR count). The second-order valence-electron chi connectivity index (χ2n) is 4.55. The Balaban J connectivity index is 1.91. The number of imidazole rings is 1. The van der Waals surface area contributed by atoms with E-state index in [9.17, 15) is 4.79 Å². The Morgan fingerprint density at radius 1 is 1.65 bits per heavy atom. The molecule has 1 saturated heterocycles. The van der Waals surface area contributed by atoms with Crippen molar-refractivity contribution in [2.24, 2.45) is 0 Å². The van der Waals surface area contributed by atoms with Crippen molar-refractivity contribution < 1.29 is 9.90 Å². The summed E-state index contributed by atoms with van der Waals surface area (Å²) in [6, 6.07) is -0.326. The predicted octanol–water partition coefficient (Wildman–Crippen LogP) is 1.45. The van der Waals surface area contributed by atoms with E-state index in [1.54, 1.807) is 6.20 Å². The number of carboxylic acid groups (broad SMARTS) is 1. The van der Waals surface area contributed by atoms with E-state index in [1.165, 1.54) is 0 Å². The van der Waals surface area contributed by atoms with Gasteiger partial charge in [0.1, 0.15) is 11.9 Å². The summed E-state index contributed by atoms with van der Waals surface area (Å²) in [7, 11) is 0. The molecule has 0 spiro atoms. The van der Waals surface area contributed by atoms with Crippen molar-refractivity contribution in [3.05, 3.63) is 18.2 Å². The normalized spacial score (nSPS) is 20.3. The molecule has 17 heavy (non-hydrogen) atoms. The highest BCUT2D eigenvalue weighted by atomic mass is 16.4. The van der Waals surface area contributed by atoms with Gasteiger partial charge in [0.25, 0.3) is 0 Å². The summed E-state index contributed by atoms with van der Waals surface area (Å²) in [6.07, 6.45) is 6.25. The van der Waals surface area contributed by atoms with Crippen molar-refractivity contribution >= 4 is 5.97 Å². The lowest BCUT2D eigenvalue weighted by molar-refractivity contribution is -0.143. The van der Waals surface area contributed by atoms with E-state index in [0.717, 1.165) is 31.8 Å². The molecule has 0 saturated carbocycles. The minimum absolute atomic E-state index is 0.326. The van der Waals surface area contributed by atoms with Crippen LogP contribution in [0.2, 0.25) is 0 Å². The Kier molecular flexibility index (Phi) is 3.78. The summed E-state index contributed by atoms with van der Waals surface area (Å²) >= 11 is 0. The molecule has 1 atom stereocenters. The van der Waals surface area contributed by atoms with Crippen LogP contribution in [0.15, 0.2) is 12.4 Å². The zero-order valence-electron chi connectivity index (χ0n) is 10.1. The van der Waals surface area contributed by atoms with E-state index in [-0.39, 0.29) is 6.04 Å². The molecule has 1 aliphatic rings. The fourth-order valence-corrected chi connectivity index (χ4v) is 2.57. The number of hydrogen-bond acceptors (Lipinski definition) is 3. The van der Waals surface area contributed by atoms with Crippen LogP contribution in [0.3, 0.4) is 0 Å². The van der Waals surface area contributed by atoms with Gasteiger partial charge in [0, 0.05) is 18.3 Å². The summed E-state index contributed by atoms with van der Waals surface area (Å²) in [5.74, 6) is 0.782. The Hall–Kier alpha value is -1.36. The first kappa shape index (κ1) is 12.1. The molecule has 1 aromatic rings. The smallest absolute Gasteiger partial charge is 0.320 e. The molecule has 1 aromatic heterocycles. The molecule has 0 radical (unpaired) electrons. The van der Waals surface area contributed by atoms with Gasteiger partial charge in [0.2, 0.25) is 0 Å². The Bertz CT molecular complexity index is 356. The Morgan fingerprint density at radius 2 is 2.35 bits per heavy atom. The van der Waals surface area contributed by atoms with Crippen molar-refractivity contribution in [2.75, 3.05) is 13.1 Å². The number of aromatic nitrogens is 2. The van der Waals surface area contributed by atoms with Crippen LogP contribution in [0, 0.1) is 0 Å². The highest BCUT2D eigenvalue weighted by Gasteiger charge is 2.29. The molecule has 5 heteroatoms. The average Bonchev–Trinajstić information content (AvgIpc) is 2.84. The third-order valence-corrected chi connectivity index (χ3v) is 3.55. The topological polar surface area (TPSA) is 69.2 Å². The van der Waals surface area contributed by atoms with Gasteiger partial charge in [-0.1, -0.05) is 6.92 Å². The molecule has 5 nitrogen and oxygen atoms in total. The van der Waals surface area contributed by atoms with Crippen molar-refractivity contribution in [2.45, 2.75) is 38.1 Å². The van der Waals surface area contributed by atoms with Crippen LogP contribution in [-0.4, -0.2) is 45.1 Å². The fourth-order valence-electron chi connectivity index (χ4n) is 2.57. The lowest BCUT2D eigenvalue weighted by Crippen LogP contribution is -2.45. The minimum atomic E-state index is -0.705. The van der Waals surface area contributed by atoms with Gasteiger partial charge in [0.05, 0.1) is 0 Å². The zero-order chi connectivity index (χ0) is 12.3. The van der Waals surface area contributed by atoms with Crippen LogP contribution in [0.25, 0.3) is 0 Å².